The molecule has 14 heteroatoms. The van der Waals surface area contributed by atoms with E-state index < -0.39 is 51.4 Å². The maximum atomic E-state index is 14.0. The summed E-state index contributed by atoms with van der Waals surface area (Å²) in [6.07, 6.45) is -4.67. The zero-order valence-electron chi connectivity index (χ0n) is 22.6. The summed E-state index contributed by atoms with van der Waals surface area (Å²) in [6, 6.07) is 17.8. The Balaban J connectivity index is 1.39. The molecular weight excluding hydrogens is 683 g/mol. The fourth-order valence-corrected chi connectivity index (χ4v) is 8.60. The molecular formula is C30H21BrF3N3O5S2. The lowest BCUT2D eigenvalue weighted by atomic mass is 9.83. The van der Waals surface area contributed by atoms with Crippen LogP contribution in [0.2, 0.25) is 0 Å². The minimum atomic E-state index is -4.67. The Kier molecular flexibility index (Phi) is 7.92. The number of amides is 3. The number of thiazole rings is 1. The standard InChI is InChI=1S/C30H21BrF3N3O5S2/c1-42-20-10-8-18(9-11-20)35-21(38)14-36-28-25(44-29(36)41)22(15-4-2-6-17(31)12-15)23-24(43-28)27(40)37(26(23)39)19-7-3-5-16(13-19)30(32,33)34/h2-13,22-24H,14H2,1H3,(H,35,38)/t22-,23-,24+/m0/s1. The molecule has 0 spiro atoms. The van der Waals surface area contributed by atoms with Crippen LogP contribution >= 0.6 is 39.0 Å². The van der Waals surface area contributed by atoms with Crippen molar-refractivity contribution < 1.29 is 32.3 Å². The van der Waals surface area contributed by atoms with Crippen LogP contribution in [0.15, 0.2) is 87.1 Å². The molecule has 4 aromatic rings. The molecule has 0 aliphatic carbocycles. The van der Waals surface area contributed by atoms with Gasteiger partial charge >= 0.3 is 11.0 Å². The van der Waals surface area contributed by atoms with E-state index in [1.807, 2.05) is 0 Å². The van der Waals surface area contributed by atoms with Crippen molar-refractivity contribution in [2.45, 2.75) is 28.9 Å². The van der Waals surface area contributed by atoms with Crippen LogP contribution in [0.5, 0.6) is 5.75 Å². The highest BCUT2D eigenvalue weighted by Crippen LogP contribution is 2.54. The van der Waals surface area contributed by atoms with Crippen molar-refractivity contribution >= 4 is 68.1 Å². The Morgan fingerprint density at radius 1 is 1.00 bits per heavy atom. The van der Waals surface area contributed by atoms with E-state index in [2.05, 4.69) is 21.2 Å². The molecule has 1 aromatic heterocycles. The van der Waals surface area contributed by atoms with Gasteiger partial charge in [0.1, 0.15) is 17.5 Å². The van der Waals surface area contributed by atoms with Gasteiger partial charge in [0.15, 0.2) is 0 Å². The first kappa shape index (κ1) is 30.2. The number of aromatic nitrogens is 1. The molecule has 3 atom stereocenters. The lowest BCUT2D eigenvalue weighted by Gasteiger charge is -2.30. The number of imide groups is 1. The molecule has 226 valence electrons. The number of nitrogens with zero attached hydrogens (tertiary/aromatic N) is 2. The third-order valence-corrected chi connectivity index (χ3v) is 10.5. The number of nitrogens with one attached hydrogen (secondary N) is 1. The van der Waals surface area contributed by atoms with Crippen molar-refractivity contribution in [2.75, 3.05) is 17.3 Å². The minimum Gasteiger partial charge on any atom is -0.497 e. The van der Waals surface area contributed by atoms with E-state index in [0.29, 0.717) is 31.4 Å². The largest absolute Gasteiger partial charge is 0.497 e. The van der Waals surface area contributed by atoms with E-state index >= 15 is 0 Å². The topological polar surface area (TPSA) is 97.7 Å². The normalized spacial score (nSPS) is 19.5. The molecule has 0 unspecified atom stereocenters. The smallest absolute Gasteiger partial charge is 0.416 e. The second kappa shape index (κ2) is 11.6. The molecule has 2 aliphatic heterocycles. The Morgan fingerprint density at radius 2 is 1.73 bits per heavy atom. The molecule has 1 saturated heterocycles. The van der Waals surface area contributed by atoms with Gasteiger partial charge in [0.25, 0.3) is 0 Å². The van der Waals surface area contributed by atoms with Crippen LogP contribution in [0.1, 0.15) is 21.9 Å². The van der Waals surface area contributed by atoms with Crippen LogP contribution in [-0.4, -0.2) is 34.6 Å². The number of rotatable bonds is 6. The molecule has 3 aromatic carbocycles. The first-order valence-electron chi connectivity index (χ1n) is 13.1. The van der Waals surface area contributed by atoms with E-state index in [1.165, 1.54) is 17.7 Å². The van der Waals surface area contributed by atoms with Gasteiger partial charge in [0, 0.05) is 21.0 Å². The van der Waals surface area contributed by atoms with Gasteiger partial charge in [0.05, 0.1) is 29.3 Å². The average molecular weight is 705 g/mol. The third-order valence-electron chi connectivity index (χ3n) is 7.36. The number of hydrogen-bond acceptors (Lipinski definition) is 7. The average Bonchev–Trinajstić information content (AvgIpc) is 3.43. The summed E-state index contributed by atoms with van der Waals surface area (Å²) in [5.41, 5.74) is -0.0464. The number of halogens is 4. The van der Waals surface area contributed by atoms with Gasteiger partial charge in [-0.25, -0.2) is 4.90 Å². The van der Waals surface area contributed by atoms with Gasteiger partial charge < -0.3 is 10.1 Å². The number of thioether (sulfide) groups is 1. The second-order valence-electron chi connectivity index (χ2n) is 10.1. The van der Waals surface area contributed by atoms with E-state index in [1.54, 1.807) is 48.5 Å². The van der Waals surface area contributed by atoms with Gasteiger partial charge in [-0.1, -0.05) is 57.2 Å². The molecule has 1 N–H and O–H groups in total. The highest BCUT2D eigenvalue weighted by molar-refractivity contribution is 9.10. The number of carbonyl (C=O) groups is 3. The predicted octanol–water partition coefficient (Wildman–Crippen LogP) is 6.13. The fraction of sp³-hybridized carbons (Fsp3) is 0.200. The van der Waals surface area contributed by atoms with Crippen LogP contribution in [0.4, 0.5) is 24.5 Å². The summed E-state index contributed by atoms with van der Waals surface area (Å²) in [5.74, 6) is -2.99. The first-order valence-corrected chi connectivity index (χ1v) is 15.6. The molecule has 1 fully saturated rings. The lowest BCUT2D eigenvalue weighted by molar-refractivity contribution is -0.137. The molecule has 3 heterocycles. The molecule has 6 rings (SSSR count). The molecule has 44 heavy (non-hydrogen) atoms. The van der Waals surface area contributed by atoms with E-state index in [0.717, 1.165) is 46.2 Å². The van der Waals surface area contributed by atoms with Crippen molar-refractivity contribution in [3.8, 4) is 5.75 Å². The summed E-state index contributed by atoms with van der Waals surface area (Å²) >= 11 is 5.30. The number of benzene rings is 3. The van der Waals surface area contributed by atoms with E-state index in [9.17, 15) is 32.3 Å². The Morgan fingerprint density at radius 3 is 2.41 bits per heavy atom. The van der Waals surface area contributed by atoms with E-state index in [-0.39, 0.29) is 12.2 Å². The molecule has 8 nitrogen and oxygen atoms in total. The van der Waals surface area contributed by atoms with Crippen LogP contribution in [0, 0.1) is 5.92 Å². The summed E-state index contributed by atoms with van der Waals surface area (Å²) in [6.45, 7) is -0.355. The van der Waals surface area contributed by atoms with Gasteiger partial charge in [0.2, 0.25) is 17.7 Å². The molecule has 2 aliphatic rings. The zero-order valence-corrected chi connectivity index (χ0v) is 25.9. The zero-order chi connectivity index (χ0) is 31.3. The Bertz CT molecular complexity index is 1860. The van der Waals surface area contributed by atoms with Crippen molar-refractivity contribution in [2.24, 2.45) is 5.92 Å². The maximum Gasteiger partial charge on any atom is 0.416 e. The Labute approximate surface area is 265 Å². The summed E-state index contributed by atoms with van der Waals surface area (Å²) in [4.78, 5) is 55.0. The lowest BCUT2D eigenvalue weighted by Crippen LogP contribution is -2.33. The number of hydrogen-bond donors (Lipinski definition) is 1. The maximum absolute atomic E-state index is 14.0. The van der Waals surface area contributed by atoms with Crippen LogP contribution in [0.3, 0.4) is 0 Å². The number of anilines is 2. The monoisotopic (exact) mass is 703 g/mol. The van der Waals surface area contributed by atoms with Crippen molar-refractivity contribution in [1.82, 2.24) is 4.57 Å². The number of carbonyl (C=O) groups excluding carboxylic acids is 3. The highest BCUT2D eigenvalue weighted by atomic mass is 79.9. The van der Waals surface area contributed by atoms with Gasteiger partial charge in [-0.15, -0.1) is 0 Å². The van der Waals surface area contributed by atoms with Gasteiger partial charge in [-0.2, -0.15) is 13.2 Å². The summed E-state index contributed by atoms with van der Waals surface area (Å²) in [5, 5.41) is 2.06. The summed E-state index contributed by atoms with van der Waals surface area (Å²) < 4.78 is 47.6. The van der Waals surface area contributed by atoms with E-state index in [4.69, 9.17) is 4.74 Å². The van der Waals surface area contributed by atoms with Crippen LogP contribution < -0.4 is 19.8 Å². The molecule has 0 bridgehead atoms. The predicted molar refractivity (Wildman–Crippen MR) is 163 cm³/mol. The highest BCUT2D eigenvalue weighted by Gasteiger charge is 2.57. The quantitative estimate of drug-likeness (QED) is 0.243. The number of ether oxygens (including phenoxy) is 1. The SMILES string of the molecule is COc1ccc(NC(=O)Cn2c3c(sc2=O)[C@@H](c2cccc(Br)c2)[C@@H]2C(=O)N(c4cccc(C(F)(F)F)c4)C(=O)[C@@H]2S3)cc1. The third kappa shape index (κ3) is 5.46. The molecule has 3 amide bonds. The van der Waals surface area contributed by atoms with Gasteiger partial charge in [-0.05, 0) is 60.2 Å². The van der Waals surface area contributed by atoms with Gasteiger partial charge in [-0.3, -0.25) is 23.7 Å². The number of fused-ring (bicyclic) bond motifs is 2. The number of alkyl halides is 3. The van der Waals surface area contributed by atoms with Crippen molar-refractivity contribution in [1.29, 1.82) is 0 Å². The Hall–Kier alpha value is -3.88. The second-order valence-corrected chi connectivity index (χ2v) is 13.1. The van der Waals surface area contributed by atoms with Crippen LogP contribution in [-0.2, 0) is 27.1 Å². The van der Waals surface area contributed by atoms with Crippen molar-refractivity contribution in [3.05, 3.63) is 103 Å². The van der Waals surface area contributed by atoms with Crippen LogP contribution in [0.25, 0.3) is 0 Å². The fourth-order valence-electron chi connectivity index (χ4n) is 5.41. The number of methoxy groups -OCH3 is 1. The minimum absolute atomic E-state index is 0.183. The summed E-state index contributed by atoms with van der Waals surface area (Å²) in [7, 11) is 1.52. The molecule has 0 radical (unpaired) electrons. The first-order chi connectivity index (χ1) is 21.0. The van der Waals surface area contributed by atoms with Crippen molar-refractivity contribution in [3.63, 3.8) is 0 Å². The molecule has 0 saturated carbocycles.